The lowest BCUT2D eigenvalue weighted by Gasteiger charge is -2.22. The van der Waals surface area contributed by atoms with Crippen LogP contribution in [0.25, 0.3) is 49.0 Å². The number of benzene rings is 3. The standard InChI is InChI=1S/C27H25N2/c1-16-9-8-12-21-22(16)25-23-17(13-14-28(25)5)15-19(27(2,3)4)24-18-10-6-7-11-20(18)29(21)26(23)24/h6-15H,1-5H3/q+1. The fraction of sp³-hybridized carbons (Fsp3) is 0.222. The summed E-state index contributed by atoms with van der Waals surface area (Å²) < 4.78 is 4.81. The van der Waals surface area contributed by atoms with Crippen LogP contribution < -0.4 is 4.57 Å². The van der Waals surface area contributed by atoms with Crippen molar-refractivity contribution in [3.63, 3.8) is 0 Å². The first-order valence-electron chi connectivity index (χ1n) is 10.4. The van der Waals surface area contributed by atoms with Crippen LogP contribution in [-0.4, -0.2) is 4.40 Å². The second kappa shape index (κ2) is 5.27. The molecular formula is C27H25N2+. The number of pyridine rings is 2. The lowest BCUT2D eigenvalue weighted by Crippen LogP contribution is -2.29. The lowest BCUT2D eigenvalue weighted by atomic mass is 9.82. The van der Waals surface area contributed by atoms with Gasteiger partial charge in [0.15, 0.2) is 6.20 Å². The zero-order valence-electron chi connectivity index (χ0n) is 17.7. The van der Waals surface area contributed by atoms with Gasteiger partial charge in [0.05, 0.1) is 27.3 Å². The van der Waals surface area contributed by atoms with Gasteiger partial charge in [-0.3, -0.25) is 0 Å². The van der Waals surface area contributed by atoms with E-state index in [1.165, 1.54) is 60.1 Å². The Morgan fingerprint density at radius 1 is 0.828 bits per heavy atom. The highest BCUT2D eigenvalue weighted by atomic mass is 15.0. The topological polar surface area (TPSA) is 8.29 Å². The maximum atomic E-state index is 2.51. The second-order valence-electron chi connectivity index (χ2n) is 9.46. The molecule has 0 radical (unpaired) electrons. The molecule has 6 aromatic rings. The molecule has 142 valence electrons. The molecule has 3 aromatic carbocycles. The summed E-state index contributed by atoms with van der Waals surface area (Å²) in [7, 11) is 2.17. The molecule has 0 fully saturated rings. The van der Waals surface area contributed by atoms with Gasteiger partial charge >= 0.3 is 0 Å². The zero-order chi connectivity index (χ0) is 20.1. The molecule has 0 saturated carbocycles. The van der Waals surface area contributed by atoms with Gasteiger partial charge in [-0.25, -0.2) is 4.57 Å². The van der Waals surface area contributed by atoms with Gasteiger partial charge in [-0.15, -0.1) is 0 Å². The number of hydrogen-bond donors (Lipinski definition) is 0. The van der Waals surface area contributed by atoms with Crippen molar-refractivity contribution in [1.29, 1.82) is 0 Å². The van der Waals surface area contributed by atoms with E-state index in [0.29, 0.717) is 0 Å². The number of hydrogen-bond acceptors (Lipinski definition) is 0. The molecule has 0 atom stereocenters. The van der Waals surface area contributed by atoms with E-state index in [0.717, 1.165) is 0 Å². The maximum absolute atomic E-state index is 2.51. The van der Waals surface area contributed by atoms with Gasteiger partial charge in [0, 0.05) is 16.8 Å². The van der Waals surface area contributed by atoms with Crippen molar-refractivity contribution >= 4 is 49.0 Å². The Balaban J connectivity index is 2.13. The molecule has 0 unspecified atom stereocenters. The summed E-state index contributed by atoms with van der Waals surface area (Å²) in [4.78, 5) is 0. The average Bonchev–Trinajstić information content (AvgIpc) is 3.03. The minimum Gasteiger partial charge on any atom is -0.307 e. The number of rotatable bonds is 0. The van der Waals surface area contributed by atoms with Gasteiger partial charge in [0.2, 0.25) is 5.52 Å². The predicted molar refractivity (Wildman–Crippen MR) is 123 cm³/mol. The highest BCUT2D eigenvalue weighted by Crippen LogP contribution is 2.44. The fourth-order valence-corrected chi connectivity index (χ4v) is 5.30. The van der Waals surface area contributed by atoms with Crippen LogP contribution in [0, 0.1) is 6.92 Å². The molecule has 0 N–H and O–H groups in total. The molecule has 3 aromatic heterocycles. The van der Waals surface area contributed by atoms with E-state index in [2.05, 4.69) is 105 Å². The number of fused-ring (bicyclic) bond motifs is 6. The molecule has 29 heavy (non-hydrogen) atoms. The van der Waals surface area contributed by atoms with Crippen molar-refractivity contribution in [3.05, 3.63) is 71.9 Å². The Bertz CT molecular complexity index is 1590. The molecule has 0 bridgehead atoms. The minimum absolute atomic E-state index is 0.0637. The van der Waals surface area contributed by atoms with E-state index < -0.39 is 0 Å². The molecule has 3 heterocycles. The summed E-state index contributed by atoms with van der Waals surface area (Å²) in [6, 6.07) is 20.3. The van der Waals surface area contributed by atoms with Crippen LogP contribution in [0.3, 0.4) is 0 Å². The summed E-state index contributed by atoms with van der Waals surface area (Å²) in [5, 5.41) is 6.80. The van der Waals surface area contributed by atoms with Gasteiger partial charge in [0.1, 0.15) is 7.05 Å². The van der Waals surface area contributed by atoms with E-state index >= 15 is 0 Å². The van der Waals surface area contributed by atoms with E-state index in [1.807, 2.05) is 0 Å². The minimum atomic E-state index is 0.0637. The number of nitrogens with zero attached hydrogens (tertiary/aromatic N) is 2. The van der Waals surface area contributed by atoms with Crippen molar-refractivity contribution in [3.8, 4) is 0 Å². The molecule has 0 aliphatic heterocycles. The molecule has 0 aliphatic rings. The highest BCUT2D eigenvalue weighted by molar-refractivity contribution is 6.28. The van der Waals surface area contributed by atoms with Crippen molar-refractivity contribution in [2.24, 2.45) is 7.05 Å². The Morgan fingerprint density at radius 2 is 1.59 bits per heavy atom. The number of para-hydroxylation sites is 1. The lowest BCUT2D eigenvalue weighted by molar-refractivity contribution is -0.643. The Morgan fingerprint density at radius 3 is 2.38 bits per heavy atom. The summed E-state index contributed by atoms with van der Waals surface area (Å²) in [6.07, 6.45) is 2.21. The van der Waals surface area contributed by atoms with Gasteiger partial charge in [-0.1, -0.05) is 51.1 Å². The van der Waals surface area contributed by atoms with Gasteiger partial charge in [-0.05, 0) is 47.1 Å². The molecule has 0 aliphatic carbocycles. The van der Waals surface area contributed by atoms with Crippen molar-refractivity contribution in [1.82, 2.24) is 4.40 Å². The summed E-state index contributed by atoms with van der Waals surface area (Å²) >= 11 is 0. The van der Waals surface area contributed by atoms with E-state index in [-0.39, 0.29) is 5.41 Å². The van der Waals surface area contributed by atoms with Crippen LogP contribution in [-0.2, 0) is 12.5 Å². The second-order valence-corrected chi connectivity index (χ2v) is 9.46. The highest BCUT2D eigenvalue weighted by Gasteiger charge is 2.28. The summed E-state index contributed by atoms with van der Waals surface area (Å²) in [5.74, 6) is 0. The third kappa shape index (κ3) is 1.99. The van der Waals surface area contributed by atoms with Crippen LogP contribution in [0.4, 0.5) is 0 Å². The van der Waals surface area contributed by atoms with E-state index in [9.17, 15) is 0 Å². The predicted octanol–water partition coefficient (Wildman–Crippen LogP) is 6.42. The monoisotopic (exact) mass is 377 g/mol. The first-order chi connectivity index (χ1) is 13.9. The SMILES string of the molecule is Cc1cccc2c1c1c3c(cc[n+]1C)cc(C(C)(C)C)c1c4ccccc4n2c13. The first kappa shape index (κ1) is 16.8. The summed E-state index contributed by atoms with van der Waals surface area (Å²) in [6.45, 7) is 9.21. The average molecular weight is 378 g/mol. The molecule has 6 rings (SSSR count). The Kier molecular flexibility index (Phi) is 3.05. The summed E-state index contributed by atoms with van der Waals surface area (Å²) in [5.41, 5.74) is 8.08. The van der Waals surface area contributed by atoms with Crippen molar-refractivity contribution in [2.75, 3.05) is 0 Å². The number of aryl methyl sites for hydroxylation is 2. The van der Waals surface area contributed by atoms with Crippen LogP contribution >= 0.6 is 0 Å². The van der Waals surface area contributed by atoms with Gasteiger partial charge < -0.3 is 4.40 Å². The van der Waals surface area contributed by atoms with Gasteiger partial charge in [-0.2, -0.15) is 0 Å². The quantitative estimate of drug-likeness (QED) is 0.164. The fourth-order valence-electron chi connectivity index (χ4n) is 5.30. The normalized spacial score (nSPS) is 13.0. The van der Waals surface area contributed by atoms with Crippen LogP contribution in [0.2, 0.25) is 0 Å². The Labute approximate surface area is 170 Å². The molecule has 0 spiro atoms. The Hall–Kier alpha value is -3.13. The molecule has 2 nitrogen and oxygen atoms in total. The molecule has 0 amide bonds. The van der Waals surface area contributed by atoms with Crippen LogP contribution in [0.5, 0.6) is 0 Å². The molecule has 2 heteroatoms. The van der Waals surface area contributed by atoms with Crippen LogP contribution in [0.15, 0.2) is 60.8 Å². The third-order valence-electron chi connectivity index (χ3n) is 6.57. The number of aromatic nitrogens is 2. The molecule has 0 saturated heterocycles. The van der Waals surface area contributed by atoms with Crippen molar-refractivity contribution < 1.29 is 4.57 Å². The largest absolute Gasteiger partial charge is 0.307 e. The zero-order valence-corrected chi connectivity index (χ0v) is 17.7. The molecular weight excluding hydrogens is 352 g/mol. The van der Waals surface area contributed by atoms with Crippen molar-refractivity contribution in [2.45, 2.75) is 33.1 Å². The van der Waals surface area contributed by atoms with Gasteiger partial charge in [0.25, 0.3) is 0 Å². The van der Waals surface area contributed by atoms with E-state index in [1.54, 1.807) is 0 Å². The third-order valence-corrected chi connectivity index (χ3v) is 6.57. The van der Waals surface area contributed by atoms with E-state index in [4.69, 9.17) is 0 Å². The first-order valence-corrected chi connectivity index (χ1v) is 10.4. The van der Waals surface area contributed by atoms with Crippen LogP contribution in [0.1, 0.15) is 31.9 Å². The smallest absolute Gasteiger partial charge is 0.224 e. The maximum Gasteiger partial charge on any atom is 0.224 e.